The number of aromatic nitrogens is 2. The summed E-state index contributed by atoms with van der Waals surface area (Å²) in [5.41, 5.74) is 2.35. The van der Waals surface area contributed by atoms with E-state index >= 15 is 0 Å². The smallest absolute Gasteiger partial charge is 0.416 e. The normalized spacial score (nSPS) is 14.3. The Morgan fingerprint density at radius 3 is 2.49 bits per heavy atom. The van der Waals surface area contributed by atoms with Crippen molar-refractivity contribution in [3.8, 4) is 5.75 Å². The van der Waals surface area contributed by atoms with E-state index in [0.717, 1.165) is 40.5 Å². The number of aryl methyl sites for hydroxylation is 2. The van der Waals surface area contributed by atoms with Crippen molar-refractivity contribution in [3.05, 3.63) is 76.7 Å². The fourth-order valence-corrected chi connectivity index (χ4v) is 4.44. The molecule has 2 amide bonds. The molecule has 0 aliphatic carbocycles. The van der Waals surface area contributed by atoms with Crippen molar-refractivity contribution in [2.45, 2.75) is 32.9 Å². The maximum Gasteiger partial charge on any atom is 0.416 e. The van der Waals surface area contributed by atoms with E-state index in [0.29, 0.717) is 44.8 Å². The van der Waals surface area contributed by atoms with Crippen LogP contribution < -0.4 is 15.0 Å². The van der Waals surface area contributed by atoms with Gasteiger partial charge < -0.3 is 19.9 Å². The van der Waals surface area contributed by atoms with Crippen LogP contribution in [0.2, 0.25) is 0 Å². The molecule has 1 aliphatic heterocycles. The lowest BCUT2D eigenvalue weighted by Gasteiger charge is -2.26. The number of methoxy groups -OCH3 is 1. The molecule has 4 rings (SSSR count). The van der Waals surface area contributed by atoms with E-state index in [9.17, 15) is 18.0 Å². The average molecular weight is 514 g/mol. The fraction of sp³-hybridized carbons (Fsp3) is 0.370. The number of amides is 2. The molecule has 7 nitrogen and oxygen atoms in total. The molecule has 1 aromatic heterocycles. The van der Waals surface area contributed by atoms with Gasteiger partial charge in [0.05, 0.1) is 12.7 Å². The summed E-state index contributed by atoms with van der Waals surface area (Å²) in [4.78, 5) is 26.0. The van der Waals surface area contributed by atoms with Crippen LogP contribution in [0.4, 0.5) is 29.5 Å². The molecule has 1 aliphatic rings. The third-order valence-electron chi connectivity index (χ3n) is 6.37. The van der Waals surface area contributed by atoms with Gasteiger partial charge in [0.15, 0.2) is 0 Å². The molecule has 1 saturated heterocycles. The maximum absolute atomic E-state index is 13.0. The molecule has 2 heterocycles. The van der Waals surface area contributed by atoms with Crippen LogP contribution in [0.1, 0.15) is 34.6 Å². The standard InChI is InChI=1S/C27H30F3N5O2/c1-18-24(16-20-8-10-23(37-3)11-9-20)25(32-19(2)31-18)34-12-5-13-35(15-14-34)26(36)33-22-7-4-6-21(17-22)27(28,29)30/h4,6-11,17H,5,12-16H2,1-3H3,(H,33,36). The minimum atomic E-state index is -4.47. The van der Waals surface area contributed by atoms with Gasteiger partial charge in [-0.25, -0.2) is 14.8 Å². The van der Waals surface area contributed by atoms with E-state index in [2.05, 4.69) is 15.2 Å². The van der Waals surface area contributed by atoms with Gasteiger partial charge in [0.2, 0.25) is 0 Å². The largest absolute Gasteiger partial charge is 0.497 e. The van der Waals surface area contributed by atoms with Gasteiger partial charge in [-0.05, 0) is 56.2 Å². The molecule has 196 valence electrons. The first-order valence-electron chi connectivity index (χ1n) is 12.1. The predicted octanol–water partition coefficient (Wildman–Crippen LogP) is 5.46. The summed E-state index contributed by atoms with van der Waals surface area (Å²) in [5, 5.41) is 2.61. The highest BCUT2D eigenvalue weighted by molar-refractivity contribution is 5.89. The Hall–Kier alpha value is -3.82. The van der Waals surface area contributed by atoms with Crippen molar-refractivity contribution in [3.63, 3.8) is 0 Å². The zero-order valence-corrected chi connectivity index (χ0v) is 21.1. The van der Waals surface area contributed by atoms with E-state index < -0.39 is 17.8 Å². The molecule has 0 bridgehead atoms. The number of ether oxygens (including phenoxy) is 1. The van der Waals surface area contributed by atoms with Gasteiger partial charge in [-0.3, -0.25) is 0 Å². The van der Waals surface area contributed by atoms with Crippen LogP contribution in [0.15, 0.2) is 48.5 Å². The van der Waals surface area contributed by atoms with Crippen LogP contribution in [0.25, 0.3) is 0 Å². The number of carbonyl (C=O) groups is 1. The topological polar surface area (TPSA) is 70.6 Å². The first-order valence-corrected chi connectivity index (χ1v) is 12.1. The van der Waals surface area contributed by atoms with Crippen LogP contribution in [0.3, 0.4) is 0 Å². The highest BCUT2D eigenvalue weighted by atomic mass is 19.4. The molecule has 3 aromatic rings. The van der Waals surface area contributed by atoms with E-state index in [1.54, 1.807) is 12.0 Å². The number of rotatable bonds is 5. The number of urea groups is 1. The van der Waals surface area contributed by atoms with E-state index in [4.69, 9.17) is 9.72 Å². The summed E-state index contributed by atoms with van der Waals surface area (Å²) in [7, 11) is 1.63. The molecule has 10 heteroatoms. The number of anilines is 2. The van der Waals surface area contributed by atoms with Gasteiger partial charge in [0.1, 0.15) is 17.4 Å². The third-order valence-corrected chi connectivity index (χ3v) is 6.37. The Kier molecular flexibility index (Phi) is 7.85. The monoisotopic (exact) mass is 513 g/mol. The highest BCUT2D eigenvalue weighted by Gasteiger charge is 2.31. The molecule has 0 unspecified atom stereocenters. The van der Waals surface area contributed by atoms with Gasteiger partial charge in [-0.2, -0.15) is 13.2 Å². The molecule has 1 fully saturated rings. The number of nitrogens with one attached hydrogen (secondary N) is 1. The predicted molar refractivity (Wildman–Crippen MR) is 136 cm³/mol. The quantitative estimate of drug-likeness (QED) is 0.491. The summed E-state index contributed by atoms with van der Waals surface area (Å²) in [6.45, 7) is 5.97. The van der Waals surface area contributed by atoms with Crippen molar-refractivity contribution < 1.29 is 22.7 Å². The number of benzene rings is 2. The van der Waals surface area contributed by atoms with E-state index in [1.165, 1.54) is 12.1 Å². The molecule has 1 N–H and O–H groups in total. The highest BCUT2D eigenvalue weighted by Crippen LogP contribution is 2.31. The number of nitrogens with zero attached hydrogens (tertiary/aromatic N) is 4. The van der Waals surface area contributed by atoms with E-state index in [1.807, 2.05) is 38.1 Å². The zero-order valence-electron chi connectivity index (χ0n) is 21.1. The lowest BCUT2D eigenvalue weighted by molar-refractivity contribution is -0.137. The molecule has 0 radical (unpaired) electrons. The molecule has 0 saturated carbocycles. The molecule has 2 aromatic carbocycles. The van der Waals surface area contributed by atoms with Crippen molar-refractivity contribution in [1.29, 1.82) is 0 Å². The van der Waals surface area contributed by atoms with Crippen molar-refractivity contribution in [1.82, 2.24) is 14.9 Å². The van der Waals surface area contributed by atoms with Gasteiger partial charge >= 0.3 is 12.2 Å². The summed E-state index contributed by atoms with van der Waals surface area (Å²) < 4.78 is 44.4. The number of hydrogen-bond acceptors (Lipinski definition) is 5. The van der Waals surface area contributed by atoms with Crippen LogP contribution in [-0.2, 0) is 12.6 Å². The van der Waals surface area contributed by atoms with Crippen LogP contribution in [-0.4, -0.2) is 54.2 Å². The summed E-state index contributed by atoms with van der Waals surface area (Å²) in [5.74, 6) is 2.31. The minimum absolute atomic E-state index is 0.116. The van der Waals surface area contributed by atoms with Gasteiger partial charge in [0.25, 0.3) is 0 Å². The van der Waals surface area contributed by atoms with Crippen LogP contribution in [0.5, 0.6) is 5.75 Å². The van der Waals surface area contributed by atoms with Crippen molar-refractivity contribution >= 4 is 17.5 Å². The molecular weight excluding hydrogens is 483 g/mol. The number of carbonyl (C=O) groups excluding carboxylic acids is 1. The number of halogens is 3. The van der Waals surface area contributed by atoms with Crippen molar-refractivity contribution in [2.24, 2.45) is 0 Å². The average Bonchev–Trinajstić information content (AvgIpc) is 3.12. The Balaban J connectivity index is 1.48. The molecule has 0 atom stereocenters. The summed E-state index contributed by atoms with van der Waals surface area (Å²) >= 11 is 0. The zero-order chi connectivity index (χ0) is 26.6. The fourth-order valence-electron chi connectivity index (χ4n) is 4.44. The van der Waals surface area contributed by atoms with Gasteiger partial charge in [-0.15, -0.1) is 0 Å². The maximum atomic E-state index is 13.0. The second kappa shape index (κ2) is 11.1. The van der Waals surface area contributed by atoms with E-state index in [-0.39, 0.29) is 5.69 Å². The van der Waals surface area contributed by atoms with Gasteiger partial charge in [0, 0.05) is 49.5 Å². The molecule has 37 heavy (non-hydrogen) atoms. The third kappa shape index (κ3) is 6.49. The second-order valence-electron chi connectivity index (χ2n) is 9.02. The Labute approximate surface area is 214 Å². The summed E-state index contributed by atoms with van der Waals surface area (Å²) in [6.07, 6.45) is -3.12. The van der Waals surface area contributed by atoms with Crippen LogP contribution in [0, 0.1) is 13.8 Å². The lowest BCUT2D eigenvalue weighted by Crippen LogP contribution is -2.38. The van der Waals surface area contributed by atoms with Crippen LogP contribution >= 0.6 is 0 Å². The second-order valence-corrected chi connectivity index (χ2v) is 9.02. The number of hydrogen-bond donors (Lipinski definition) is 1. The Morgan fingerprint density at radius 1 is 1.03 bits per heavy atom. The SMILES string of the molecule is COc1ccc(Cc2c(C)nc(C)nc2N2CCCN(C(=O)Nc3cccc(C(F)(F)F)c3)CC2)cc1. The van der Waals surface area contributed by atoms with Crippen molar-refractivity contribution in [2.75, 3.05) is 43.5 Å². The Morgan fingerprint density at radius 2 is 1.78 bits per heavy atom. The molecular formula is C27H30F3N5O2. The number of alkyl halides is 3. The Bertz CT molecular complexity index is 1250. The lowest BCUT2D eigenvalue weighted by atomic mass is 10.0. The summed E-state index contributed by atoms with van der Waals surface area (Å²) in [6, 6.07) is 12.1. The first kappa shape index (κ1) is 26.2. The van der Waals surface area contributed by atoms with Gasteiger partial charge in [-0.1, -0.05) is 18.2 Å². The minimum Gasteiger partial charge on any atom is -0.497 e. The molecule has 0 spiro atoms. The first-order chi connectivity index (χ1) is 17.6.